The highest BCUT2D eigenvalue weighted by Crippen LogP contribution is 2.37. The Kier molecular flexibility index (Phi) is 19.7. The van der Waals surface area contributed by atoms with Crippen molar-refractivity contribution in [3.05, 3.63) is 81.8 Å². The minimum absolute atomic E-state index is 0.0311. The van der Waals surface area contributed by atoms with Gasteiger partial charge in [0, 0.05) is 31.1 Å². The summed E-state index contributed by atoms with van der Waals surface area (Å²) >= 11 is 1.36. The molecule has 1 saturated heterocycles. The second-order valence-electron chi connectivity index (χ2n) is 14.9. The second kappa shape index (κ2) is 25.4. The van der Waals surface area contributed by atoms with Crippen LogP contribution >= 0.6 is 11.3 Å². The smallest absolute Gasteiger partial charge is 0.410 e. The molecule has 0 spiro atoms. The quantitative estimate of drug-likeness (QED) is 0.0846. The molecule has 2 aliphatic rings. The summed E-state index contributed by atoms with van der Waals surface area (Å²) in [6, 6.07) is 14.4. The lowest BCUT2D eigenvalue weighted by Crippen LogP contribution is -2.56. The third-order valence-electron chi connectivity index (χ3n) is 10.7. The third kappa shape index (κ3) is 14.3. The fourth-order valence-corrected chi connectivity index (χ4v) is 8.17. The van der Waals surface area contributed by atoms with Gasteiger partial charge in [0.05, 0.1) is 58.9 Å². The first-order chi connectivity index (χ1) is 29.3. The van der Waals surface area contributed by atoms with E-state index >= 15 is 0 Å². The van der Waals surface area contributed by atoms with E-state index in [0.717, 1.165) is 44.1 Å². The number of nitrogens with one attached hydrogen (secondary N) is 1. The molecule has 0 radical (unpaired) electrons. The van der Waals surface area contributed by atoms with Crippen molar-refractivity contribution in [2.24, 2.45) is 11.7 Å². The van der Waals surface area contributed by atoms with Crippen LogP contribution < -0.4 is 15.8 Å². The van der Waals surface area contributed by atoms with E-state index in [4.69, 9.17) is 39.1 Å². The predicted molar refractivity (Wildman–Crippen MR) is 226 cm³/mol. The number of carbonyl (C=O) groups is 4. The summed E-state index contributed by atoms with van der Waals surface area (Å²) in [5.41, 5.74) is 6.95. The van der Waals surface area contributed by atoms with Crippen LogP contribution in [0.2, 0.25) is 0 Å². The molecule has 15 nitrogen and oxygen atoms in total. The van der Waals surface area contributed by atoms with Crippen molar-refractivity contribution in [3.8, 4) is 5.75 Å². The number of nitrogens with zero attached hydrogens (tertiary/aromatic N) is 3. The number of carbonyl (C=O) groups excluding carboxylic acids is 4. The van der Waals surface area contributed by atoms with Crippen LogP contribution in [0.15, 0.2) is 60.0 Å². The predicted octanol–water partition coefficient (Wildman–Crippen LogP) is 5.16. The zero-order valence-electron chi connectivity index (χ0n) is 34.9. The van der Waals surface area contributed by atoms with Gasteiger partial charge in [-0.05, 0) is 56.2 Å². The molecular formula is C44H61N5O10S. The van der Waals surface area contributed by atoms with Gasteiger partial charge in [-0.15, -0.1) is 11.3 Å². The summed E-state index contributed by atoms with van der Waals surface area (Å²) < 4.78 is 33.1. The number of hydrogen-bond donors (Lipinski definition) is 2. The summed E-state index contributed by atoms with van der Waals surface area (Å²) in [6.07, 6.45) is 5.53. The number of rotatable bonds is 25. The number of nitrogens with two attached hydrogens (primary N) is 1. The summed E-state index contributed by atoms with van der Waals surface area (Å²) in [7, 11) is 1.52. The lowest BCUT2D eigenvalue weighted by molar-refractivity contribution is -0.140. The summed E-state index contributed by atoms with van der Waals surface area (Å²) in [5, 5.41) is 5.47. The van der Waals surface area contributed by atoms with E-state index in [2.05, 4.69) is 5.32 Å². The highest BCUT2D eigenvalue weighted by Gasteiger charge is 2.41. The Morgan fingerprint density at radius 2 is 1.52 bits per heavy atom. The van der Waals surface area contributed by atoms with E-state index in [9.17, 15) is 19.2 Å². The van der Waals surface area contributed by atoms with Crippen LogP contribution in [0.25, 0.3) is 0 Å². The average Bonchev–Trinajstić information content (AvgIpc) is 3.98. The van der Waals surface area contributed by atoms with Crippen LogP contribution in [0.4, 0.5) is 4.79 Å². The Morgan fingerprint density at radius 1 is 0.850 bits per heavy atom. The molecule has 3 amide bonds. The van der Waals surface area contributed by atoms with Gasteiger partial charge in [-0.2, -0.15) is 0 Å². The first-order valence-corrected chi connectivity index (χ1v) is 21.9. The van der Waals surface area contributed by atoms with Crippen molar-refractivity contribution >= 4 is 35.0 Å². The molecule has 1 aromatic heterocycles. The molecule has 0 bridgehead atoms. The van der Waals surface area contributed by atoms with Gasteiger partial charge < -0.3 is 44.4 Å². The maximum atomic E-state index is 14.5. The molecule has 3 aromatic rings. The summed E-state index contributed by atoms with van der Waals surface area (Å²) in [6.45, 7) is 6.71. The Hall–Kier alpha value is -4.45. The average molecular weight is 852 g/mol. The van der Waals surface area contributed by atoms with Crippen LogP contribution in [0.1, 0.15) is 84.5 Å². The molecular weight excluding hydrogens is 791 g/mol. The van der Waals surface area contributed by atoms with Crippen molar-refractivity contribution in [1.82, 2.24) is 20.1 Å². The first-order valence-electron chi connectivity index (χ1n) is 21.0. The Morgan fingerprint density at radius 3 is 2.20 bits per heavy atom. The molecule has 1 aliphatic heterocycles. The number of likely N-dealkylation sites (N-methyl/N-ethyl adjacent to an activating group) is 1. The number of aromatic nitrogens is 1. The fraction of sp³-hybridized carbons (Fsp3) is 0.568. The standard InChI is InChI=1S/C44H61N5O10S/c1-32(48(2)44(53)59-30-33-11-5-3-6-12-33)41(51)47-39(34-13-7-4-8-14-34)43(52)49-19-10-17-38(49)42-46-37(31-60-42)40(50)35-15-9-16-36(29-35)58-28-27-57-26-25-56-24-23-55-22-21-54-20-18-45/h3,5-6,9,11-12,15-16,29,31-32,34,38-39H,4,7-8,10,13-14,17-28,30,45H2,1-2H3,(H,47,51)/t32-,38-,39-/m0/s1. The van der Waals surface area contributed by atoms with E-state index in [1.54, 1.807) is 36.6 Å². The fourth-order valence-electron chi connectivity index (χ4n) is 7.23. The van der Waals surface area contributed by atoms with Crippen LogP contribution in [-0.2, 0) is 39.9 Å². The molecule has 2 fully saturated rings. The molecule has 1 saturated carbocycles. The largest absolute Gasteiger partial charge is 0.491 e. The van der Waals surface area contributed by atoms with Crippen LogP contribution in [0.5, 0.6) is 5.75 Å². The van der Waals surface area contributed by atoms with Gasteiger partial charge in [0.1, 0.15) is 41.7 Å². The number of thiazole rings is 1. The van der Waals surface area contributed by atoms with E-state index in [1.165, 1.54) is 23.3 Å². The topological polar surface area (TPSA) is 181 Å². The minimum Gasteiger partial charge on any atom is -0.491 e. The molecule has 2 heterocycles. The SMILES string of the molecule is C[C@@H](C(=O)N[C@H](C(=O)N1CCC[C@H]1c1nc(C(=O)c2cccc(OCCOCCOCCOCCOCCN)c2)cs1)C1CCCCC1)N(C)C(=O)OCc1ccccc1. The molecule has 60 heavy (non-hydrogen) atoms. The van der Waals surface area contributed by atoms with E-state index in [0.29, 0.717) is 101 Å². The summed E-state index contributed by atoms with van der Waals surface area (Å²) in [4.78, 5) is 62.5. The molecule has 3 atom stereocenters. The normalized spacial score (nSPS) is 16.6. The van der Waals surface area contributed by atoms with Crippen LogP contribution in [0, 0.1) is 5.92 Å². The Labute approximate surface area is 357 Å². The first kappa shape index (κ1) is 46.6. The van der Waals surface area contributed by atoms with Gasteiger partial charge in [-0.3, -0.25) is 19.3 Å². The second-order valence-corrected chi connectivity index (χ2v) is 15.8. The highest BCUT2D eigenvalue weighted by molar-refractivity contribution is 7.10. The number of amides is 3. The van der Waals surface area contributed by atoms with Gasteiger partial charge in [0.15, 0.2) is 0 Å². The molecule has 5 rings (SSSR count). The zero-order chi connectivity index (χ0) is 42.5. The highest BCUT2D eigenvalue weighted by atomic mass is 32.1. The van der Waals surface area contributed by atoms with Crippen molar-refractivity contribution < 1.29 is 47.6 Å². The Balaban J connectivity index is 1.11. The number of ether oxygens (including phenoxy) is 6. The monoisotopic (exact) mass is 851 g/mol. The number of likely N-dealkylation sites (tertiary alicyclic amines) is 1. The van der Waals surface area contributed by atoms with E-state index < -0.39 is 24.1 Å². The molecule has 2 aromatic carbocycles. The third-order valence-corrected chi connectivity index (χ3v) is 11.6. The van der Waals surface area contributed by atoms with Gasteiger partial charge in [-0.25, -0.2) is 9.78 Å². The van der Waals surface area contributed by atoms with Crippen LogP contribution in [-0.4, -0.2) is 130 Å². The molecule has 1 aliphatic carbocycles. The molecule has 0 unspecified atom stereocenters. The number of benzene rings is 2. The Bertz CT molecular complexity index is 1770. The van der Waals surface area contributed by atoms with Gasteiger partial charge in [0.25, 0.3) is 0 Å². The minimum atomic E-state index is -0.869. The van der Waals surface area contributed by atoms with Gasteiger partial charge in [-0.1, -0.05) is 61.7 Å². The van der Waals surface area contributed by atoms with Gasteiger partial charge in [0.2, 0.25) is 17.6 Å². The summed E-state index contributed by atoms with van der Waals surface area (Å²) in [5.74, 6) is -0.312. The lowest BCUT2D eigenvalue weighted by Gasteiger charge is -2.35. The molecule has 328 valence electrons. The number of hydrogen-bond acceptors (Lipinski definition) is 13. The lowest BCUT2D eigenvalue weighted by atomic mass is 9.83. The van der Waals surface area contributed by atoms with Crippen molar-refractivity contribution in [3.63, 3.8) is 0 Å². The van der Waals surface area contributed by atoms with Crippen LogP contribution in [0.3, 0.4) is 0 Å². The van der Waals surface area contributed by atoms with Crippen molar-refractivity contribution in [2.75, 3.05) is 79.6 Å². The van der Waals surface area contributed by atoms with Crippen molar-refractivity contribution in [1.29, 1.82) is 0 Å². The maximum Gasteiger partial charge on any atom is 0.410 e. The van der Waals surface area contributed by atoms with E-state index in [1.807, 2.05) is 35.2 Å². The number of ketones is 1. The molecule has 16 heteroatoms. The zero-order valence-corrected chi connectivity index (χ0v) is 35.7. The van der Waals surface area contributed by atoms with Gasteiger partial charge >= 0.3 is 6.09 Å². The van der Waals surface area contributed by atoms with E-state index in [-0.39, 0.29) is 30.3 Å². The van der Waals surface area contributed by atoms with Crippen molar-refractivity contribution in [2.45, 2.75) is 76.6 Å². The molecule has 3 N–H and O–H groups in total. The maximum absolute atomic E-state index is 14.5.